The Morgan fingerprint density at radius 1 is 1.22 bits per heavy atom. The SMILES string of the molecule is COc1ccc(C(=O)Nc2ccccc2SCc2cc(=O)n3nc(C4CC4)sc3n2)cc1. The summed E-state index contributed by atoms with van der Waals surface area (Å²) >= 11 is 3.02. The third kappa shape index (κ3) is 4.39. The molecule has 5 rings (SSSR count). The summed E-state index contributed by atoms with van der Waals surface area (Å²) in [6.45, 7) is 0. The third-order valence-electron chi connectivity index (χ3n) is 5.10. The molecule has 0 unspecified atom stereocenters. The minimum atomic E-state index is -0.198. The van der Waals surface area contributed by atoms with Crippen LogP contribution >= 0.6 is 23.1 Å². The standard InChI is InChI=1S/C23H20N4O3S2/c1-30-17-10-8-14(9-11-17)21(29)25-18-4-2-3-5-19(18)31-13-16-12-20(28)27-23(24-16)32-22(26-27)15-6-7-15/h2-5,8-12,15H,6-7,13H2,1H3,(H,25,29). The van der Waals surface area contributed by atoms with Crippen LogP contribution in [-0.2, 0) is 5.75 Å². The zero-order valence-electron chi connectivity index (χ0n) is 17.3. The zero-order valence-corrected chi connectivity index (χ0v) is 18.9. The third-order valence-corrected chi connectivity index (χ3v) is 7.28. The molecule has 1 N–H and O–H groups in total. The summed E-state index contributed by atoms with van der Waals surface area (Å²) in [5.74, 6) is 1.50. The van der Waals surface area contributed by atoms with Crippen LogP contribution in [0.3, 0.4) is 0 Å². The van der Waals surface area contributed by atoms with E-state index < -0.39 is 0 Å². The Kier molecular flexibility index (Phi) is 5.67. The highest BCUT2D eigenvalue weighted by Crippen LogP contribution is 2.41. The van der Waals surface area contributed by atoms with Crippen LogP contribution in [0.4, 0.5) is 5.69 Å². The Labute approximate surface area is 192 Å². The van der Waals surface area contributed by atoms with Crippen molar-refractivity contribution in [3.8, 4) is 5.75 Å². The summed E-state index contributed by atoms with van der Waals surface area (Å²) in [6, 6.07) is 16.1. The monoisotopic (exact) mass is 464 g/mol. The number of nitrogens with zero attached hydrogens (tertiary/aromatic N) is 3. The molecule has 1 amide bonds. The molecule has 0 bridgehead atoms. The number of thioether (sulfide) groups is 1. The van der Waals surface area contributed by atoms with Crippen molar-refractivity contribution in [1.29, 1.82) is 0 Å². The average Bonchev–Trinajstić information content (AvgIpc) is 3.57. The second kappa shape index (κ2) is 8.76. The first kappa shape index (κ1) is 20.7. The fourth-order valence-corrected chi connectivity index (χ4v) is 5.22. The van der Waals surface area contributed by atoms with E-state index in [-0.39, 0.29) is 11.5 Å². The van der Waals surface area contributed by atoms with E-state index >= 15 is 0 Å². The van der Waals surface area contributed by atoms with Crippen LogP contribution in [0.25, 0.3) is 4.96 Å². The van der Waals surface area contributed by atoms with E-state index in [4.69, 9.17) is 4.74 Å². The summed E-state index contributed by atoms with van der Waals surface area (Å²) in [4.78, 5) is 31.3. The topological polar surface area (TPSA) is 85.6 Å². The van der Waals surface area contributed by atoms with Gasteiger partial charge in [0.15, 0.2) is 0 Å². The van der Waals surface area contributed by atoms with Gasteiger partial charge in [-0.25, -0.2) is 4.98 Å². The smallest absolute Gasteiger partial charge is 0.275 e. The van der Waals surface area contributed by atoms with Gasteiger partial charge >= 0.3 is 0 Å². The highest BCUT2D eigenvalue weighted by atomic mass is 32.2. The van der Waals surface area contributed by atoms with Crippen molar-refractivity contribution in [3.63, 3.8) is 0 Å². The quantitative estimate of drug-likeness (QED) is 0.403. The number of aromatic nitrogens is 3. The van der Waals surface area contributed by atoms with Crippen LogP contribution in [0.5, 0.6) is 5.75 Å². The van der Waals surface area contributed by atoms with Crippen LogP contribution in [0.2, 0.25) is 0 Å². The fourth-order valence-electron chi connectivity index (χ4n) is 3.22. The summed E-state index contributed by atoms with van der Waals surface area (Å²) in [7, 11) is 1.59. The number of nitrogens with one attached hydrogen (secondary N) is 1. The summed E-state index contributed by atoms with van der Waals surface area (Å²) in [6.07, 6.45) is 2.27. The van der Waals surface area contributed by atoms with Gasteiger partial charge in [0.2, 0.25) is 4.96 Å². The number of carbonyl (C=O) groups is 1. The van der Waals surface area contributed by atoms with Crippen LogP contribution in [0.1, 0.15) is 39.8 Å². The highest BCUT2D eigenvalue weighted by Gasteiger charge is 2.28. The second-order valence-corrected chi connectivity index (χ2v) is 9.47. The number of ether oxygens (including phenoxy) is 1. The number of hydrogen-bond acceptors (Lipinski definition) is 7. The maximum absolute atomic E-state index is 12.7. The van der Waals surface area contributed by atoms with Crippen molar-refractivity contribution in [2.24, 2.45) is 0 Å². The van der Waals surface area contributed by atoms with Gasteiger partial charge in [-0.1, -0.05) is 23.5 Å². The van der Waals surface area contributed by atoms with Gasteiger partial charge in [-0.2, -0.15) is 9.61 Å². The molecule has 2 aromatic carbocycles. The van der Waals surface area contributed by atoms with Gasteiger partial charge in [0.25, 0.3) is 11.5 Å². The van der Waals surface area contributed by atoms with E-state index in [9.17, 15) is 9.59 Å². The first-order chi connectivity index (χ1) is 15.6. The van der Waals surface area contributed by atoms with Gasteiger partial charge in [0.1, 0.15) is 10.8 Å². The maximum atomic E-state index is 12.7. The number of carbonyl (C=O) groups excluding carboxylic acids is 1. The second-order valence-electron chi connectivity index (χ2n) is 7.46. The minimum absolute atomic E-state index is 0.158. The normalized spacial score (nSPS) is 13.3. The molecule has 32 heavy (non-hydrogen) atoms. The molecule has 7 nitrogen and oxygen atoms in total. The minimum Gasteiger partial charge on any atom is -0.497 e. The number of fused-ring (bicyclic) bond motifs is 1. The predicted molar refractivity (Wildman–Crippen MR) is 126 cm³/mol. The van der Waals surface area contributed by atoms with E-state index in [0.717, 1.165) is 22.7 Å². The van der Waals surface area contributed by atoms with E-state index in [1.807, 2.05) is 24.3 Å². The molecule has 162 valence electrons. The molecule has 4 aromatic rings. The molecule has 1 aliphatic rings. The lowest BCUT2D eigenvalue weighted by molar-refractivity contribution is 0.102. The molecular weight excluding hydrogens is 444 g/mol. The van der Waals surface area contributed by atoms with Crippen LogP contribution in [0.15, 0.2) is 64.3 Å². The van der Waals surface area contributed by atoms with Crippen LogP contribution in [-0.4, -0.2) is 27.6 Å². The lowest BCUT2D eigenvalue weighted by Gasteiger charge is -2.11. The number of para-hydroxylation sites is 1. The summed E-state index contributed by atoms with van der Waals surface area (Å²) < 4.78 is 6.54. The molecule has 9 heteroatoms. The van der Waals surface area contributed by atoms with Gasteiger partial charge < -0.3 is 10.1 Å². The molecule has 0 saturated heterocycles. The molecule has 2 aromatic heterocycles. The molecular formula is C23H20N4O3S2. The number of hydrogen-bond donors (Lipinski definition) is 1. The Balaban J connectivity index is 1.32. The van der Waals surface area contributed by atoms with Gasteiger partial charge in [0.05, 0.1) is 18.5 Å². The zero-order chi connectivity index (χ0) is 22.1. The number of anilines is 1. The molecule has 0 aliphatic heterocycles. The highest BCUT2D eigenvalue weighted by molar-refractivity contribution is 7.98. The molecule has 1 aliphatic carbocycles. The molecule has 1 fully saturated rings. The first-order valence-electron chi connectivity index (χ1n) is 10.2. The number of methoxy groups -OCH3 is 1. The van der Waals surface area contributed by atoms with Crippen molar-refractivity contribution in [3.05, 3.63) is 81.2 Å². The van der Waals surface area contributed by atoms with Crippen molar-refractivity contribution < 1.29 is 9.53 Å². The van der Waals surface area contributed by atoms with Gasteiger partial charge in [-0.3, -0.25) is 9.59 Å². The Bertz CT molecular complexity index is 1340. The molecule has 1 saturated carbocycles. The Morgan fingerprint density at radius 3 is 2.75 bits per heavy atom. The molecule has 0 spiro atoms. The van der Waals surface area contributed by atoms with Gasteiger partial charge in [0, 0.05) is 28.2 Å². The van der Waals surface area contributed by atoms with Crippen molar-refractivity contribution in [2.75, 3.05) is 12.4 Å². The Morgan fingerprint density at radius 2 is 2.00 bits per heavy atom. The van der Waals surface area contributed by atoms with Crippen LogP contribution < -0.4 is 15.6 Å². The largest absolute Gasteiger partial charge is 0.497 e. The predicted octanol–water partition coefficient (Wildman–Crippen LogP) is 4.58. The van der Waals surface area contributed by atoms with Gasteiger partial charge in [-0.05, 0) is 49.2 Å². The van der Waals surface area contributed by atoms with Crippen molar-refractivity contribution in [2.45, 2.75) is 29.4 Å². The van der Waals surface area contributed by atoms with Crippen molar-refractivity contribution in [1.82, 2.24) is 14.6 Å². The maximum Gasteiger partial charge on any atom is 0.275 e. The number of benzene rings is 2. The van der Waals surface area contributed by atoms with E-state index in [1.54, 1.807) is 31.4 Å². The van der Waals surface area contributed by atoms with Gasteiger partial charge in [-0.15, -0.1) is 11.8 Å². The lowest BCUT2D eigenvalue weighted by Crippen LogP contribution is -2.15. The van der Waals surface area contributed by atoms with Crippen molar-refractivity contribution >= 4 is 39.7 Å². The van der Waals surface area contributed by atoms with E-state index in [2.05, 4.69) is 15.4 Å². The van der Waals surface area contributed by atoms with Crippen LogP contribution in [0, 0.1) is 0 Å². The first-order valence-corrected chi connectivity index (χ1v) is 12.0. The summed E-state index contributed by atoms with van der Waals surface area (Å²) in [5.41, 5.74) is 1.80. The number of amides is 1. The summed E-state index contributed by atoms with van der Waals surface area (Å²) in [5, 5.41) is 8.38. The average molecular weight is 465 g/mol. The molecule has 0 atom stereocenters. The fraction of sp³-hybridized carbons (Fsp3) is 0.217. The molecule has 2 heterocycles. The van der Waals surface area contributed by atoms with E-state index in [0.29, 0.717) is 39.3 Å². The van der Waals surface area contributed by atoms with E-state index in [1.165, 1.54) is 33.7 Å². The lowest BCUT2D eigenvalue weighted by atomic mass is 10.2. The molecule has 0 radical (unpaired) electrons. The number of rotatable bonds is 7. The Hall–Kier alpha value is -3.17.